The first kappa shape index (κ1) is 20.4. The zero-order chi connectivity index (χ0) is 20.8. The van der Waals surface area contributed by atoms with E-state index in [2.05, 4.69) is 10.9 Å². The zero-order valence-electron chi connectivity index (χ0n) is 16.6. The lowest BCUT2D eigenvalue weighted by Crippen LogP contribution is -2.50. The molecule has 1 aromatic carbocycles. The summed E-state index contributed by atoms with van der Waals surface area (Å²) in [5, 5.41) is 0. The highest BCUT2D eigenvalue weighted by Gasteiger charge is 2.30. The summed E-state index contributed by atoms with van der Waals surface area (Å²) in [7, 11) is 0. The van der Waals surface area contributed by atoms with E-state index in [-0.39, 0.29) is 30.7 Å². The SMILES string of the molecule is Cc1ccc(C)c(OCC(=O)NNC(=O)C2CCCN(C(=O)c3ccco3)C2)c1. The summed E-state index contributed by atoms with van der Waals surface area (Å²) in [6.45, 7) is 4.47. The van der Waals surface area contributed by atoms with Gasteiger partial charge in [-0.25, -0.2) is 0 Å². The van der Waals surface area contributed by atoms with Crippen LogP contribution < -0.4 is 15.6 Å². The van der Waals surface area contributed by atoms with E-state index in [4.69, 9.17) is 9.15 Å². The van der Waals surface area contributed by atoms with Crippen molar-refractivity contribution >= 4 is 17.7 Å². The van der Waals surface area contributed by atoms with Gasteiger partial charge in [0, 0.05) is 13.1 Å². The number of likely N-dealkylation sites (tertiary alicyclic amines) is 1. The van der Waals surface area contributed by atoms with Crippen molar-refractivity contribution in [2.45, 2.75) is 26.7 Å². The molecule has 3 rings (SSSR count). The topological polar surface area (TPSA) is 101 Å². The second kappa shape index (κ2) is 9.27. The predicted molar refractivity (Wildman–Crippen MR) is 105 cm³/mol. The molecule has 8 heteroatoms. The molecule has 2 heterocycles. The van der Waals surface area contributed by atoms with Gasteiger partial charge in [0.1, 0.15) is 5.75 Å². The van der Waals surface area contributed by atoms with Gasteiger partial charge < -0.3 is 14.1 Å². The minimum Gasteiger partial charge on any atom is -0.483 e. The third-order valence-electron chi connectivity index (χ3n) is 4.84. The van der Waals surface area contributed by atoms with Crippen LogP contribution in [0.2, 0.25) is 0 Å². The largest absolute Gasteiger partial charge is 0.483 e. The molecule has 8 nitrogen and oxygen atoms in total. The minimum absolute atomic E-state index is 0.210. The maximum atomic E-state index is 12.4. The van der Waals surface area contributed by atoms with Crippen LogP contribution in [-0.2, 0) is 9.59 Å². The van der Waals surface area contributed by atoms with E-state index in [0.29, 0.717) is 25.1 Å². The fraction of sp³-hybridized carbons (Fsp3) is 0.381. The van der Waals surface area contributed by atoms with Crippen molar-refractivity contribution in [1.29, 1.82) is 0 Å². The van der Waals surface area contributed by atoms with Gasteiger partial charge in [0.25, 0.3) is 11.8 Å². The number of nitrogens with zero attached hydrogens (tertiary/aromatic N) is 1. The summed E-state index contributed by atoms with van der Waals surface area (Å²) in [5.41, 5.74) is 6.76. The van der Waals surface area contributed by atoms with E-state index in [1.807, 2.05) is 32.0 Å². The fourth-order valence-corrected chi connectivity index (χ4v) is 3.21. The van der Waals surface area contributed by atoms with E-state index < -0.39 is 11.8 Å². The highest BCUT2D eigenvalue weighted by Crippen LogP contribution is 2.20. The number of hydrogen-bond acceptors (Lipinski definition) is 5. The minimum atomic E-state index is -0.460. The lowest BCUT2D eigenvalue weighted by atomic mass is 9.97. The Morgan fingerprint density at radius 2 is 2.03 bits per heavy atom. The molecule has 1 aliphatic heterocycles. The number of hydrazine groups is 1. The van der Waals surface area contributed by atoms with Crippen LogP contribution in [0.3, 0.4) is 0 Å². The van der Waals surface area contributed by atoms with Gasteiger partial charge in [-0.1, -0.05) is 12.1 Å². The quantitative estimate of drug-likeness (QED) is 0.749. The Morgan fingerprint density at radius 3 is 2.79 bits per heavy atom. The van der Waals surface area contributed by atoms with Crippen LogP contribution in [0.15, 0.2) is 41.0 Å². The summed E-state index contributed by atoms with van der Waals surface area (Å²) in [4.78, 5) is 38.4. The van der Waals surface area contributed by atoms with Crippen molar-refractivity contribution in [3.8, 4) is 5.75 Å². The molecule has 154 valence electrons. The highest BCUT2D eigenvalue weighted by molar-refractivity contribution is 5.92. The number of piperidine rings is 1. The Bertz CT molecular complexity index is 878. The first-order valence-corrected chi connectivity index (χ1v) is 9.55. The second-order valence-corrected chi connectivity index (χ2v) is 7.16. The normalized spacial score (nSPS) is 16.2. The van der Waals surface area contributed by atoms with E-state index in [1.165, 1.54) is 6.26 Å². The van der Waals surface area contributed by atoms with Crippen molar-refractivity contribution in [2.24, 2.45) is 5.92 Å². The number of carbonyl (C=O) groups is 3. The maximum absolute atomic E-state index is 12.4. The molecule has 0 bridgehead atoms. The molecule has 0 saturated carbocycles. The molecule has 3 amide bonds. The average molecular weight is 399 g/mol. The first-order valence-electron chi connectivity index (χ1n) is 9.55. The van der Waals surface area contributed by atoms with Gasteiger partial charge in [-0.05, 0) is 56.0 Å². The Labute approximate surface area is 169 Å². The van der Waals surface area contributed by atoms with Crippen molar-refractivity contribution in [3.63, 3.8) is 0 Å². The van der Waals surface area contributed by atoms with Crippen LogP contribution in [0, 0.1) is 19.8 Å². The van der Waals surface area contributed by atoms with Crippen LogP contribution in [-0.4, -0.2) is 42.3 Å². The Kier molecular flexibility index (Phi) is 6.54. The zero-order valence-corrected chi connectivity index (χ0v) is 16.6. The number of ether oxygens (including phenoxy) is 1. The summed E-state index contributed by atoms with van der Waals surface area (Å²) in [6, 6.07) is 8.99. The number of carbonyl (C=O) groups excluding carboxylic acids is 3. The number of furan rings is 1. The Morgan fingerprint density at radius 1 is 1.21 bits per heavy atom. The molecular formula is C21H25N3O5. The van der Waals surface area contributed by atoms with Crippen molar-refractivity contribution in [3.05, 3.63) is 53.5 Å². The van der Waals surface area contributed by atoms with Gasteiger partial charge in [0.15, 0.2) is 12.4 Å². The van der Waals surface area contributed by atoms with Crippen molar-refractivity contribution in [1.82, 2.24) is 15.8 Å². The monoisotopic (exact) mass is 399 g/mol. The molecule has 29 heavy (non-hydrogen) atoms. The van der Waals surface area contributed by atoms with Gasteiger partial charge in [0.05, 0.1) is 12.2 Å². The van der Waals surface area contributed by atoms with E-state index in [1.54, 1.807) is 17.0 Å². The third-order valence-corrected chi connectivity index (χ3v) is 4.84. The molecule has 2 aromatic rings. The number of benzene rings is 1. The van der Waals surface area contributed by atoms with Crippen LogP contribution in [0.5, 0.6) is 5.75 Å². The van der Waals surface area contributed by atoms with Gasteiger partial charge in [-0.2, -0.15) is 0 Å². The van der Waals surface area contributed by atoms with Gasteiger partial charge >= 0.3 is 0 Å². The standard InChI is InChI=1S/C21H25N3O5/c1-14-7-8-15(2)18(11-14)29-13-19(25)22-23-20(26)16-5-3-9-24(12-16)21(27)17-6-4-10-28-17/h4,6-8,10-11,16H,3,5,9,12-13H2,1-2H3,(H,22,25)(H,23,26). The van der Waals surface area contributed by atoms with Crippen LogP contribution in [0.25, 0.3) is 0 Å². The van der Waals surface area contributed by atoms with E-state index in [0.717, 1.165) is 11.1 Å². The molecule has 0 radical (unpaired) electrons. The van der Waals surface area contributed by atoms with E-state index >= 15 is 0 Å². The van der Waals surface area contributed by atoms with Crippen LogP contribution in [0.1, 0.15) is 34.5 Å². The number of hydrogen-bond donors (Lipinski definition) is 2. The van der Waals surface area contributed by atoms with Gasteiger partial charge in [-0.3, -0.25) is 25.2 Å². The van der Waals surface area contributed by atoms with Crippen molar-refractivity contribution < 1.29 is 23.5 Å². The Hall–Kier alpha value is -3.29. The maximum Gasteiger partial charge on any atom is 0.289 e. The number of amides is 3. The highest BCUT2D eigenvalue weighted by atomic mass is 16.5. The molecule has 1 fully saturated rings. The molecule has 1 aliphatic rings. The molecule has 0 aliphatic carbocycles. The summed E-state index contributed by atoms with van der Waals surface area (Å²) in [5.74, 6) is -0.546. The fourth-order valence-electron chi connectivity index (χ4n) is 3.21. The number of aryl methyl sites for hydroxylation is 2. The molecule has 1 unspecified atom stereocenters. The first-order chi connectivity index (χ1) is 13.9. The molecule has 0 spiro atoms. The summed E-state index contributed by atoms with van der Waals surface area (Å²) >= 11 is 0. The van der Waals surface area contributed by atoms with Crippen LogP contribution >= 0.6 is 0 Å². The van der Waals surface area contributed by atoms with Crippen molar-refractivity contribution in [2.75, 3.05) is 19.7 Å². The summed E-state index contributed by atoms with van der Waals surface area (Å²) in [6.07, 6.45) is 2.79. The molecule has 1 saturated heterocycles. The molecule has 2 N–H and O–H groups in total. The second-order valence-electron chi connectivity index (χ2n) is 7.16. The third kappa shape index (κ3) is 5.37. The molecular weight excluding hydrogens is 374 g/mol. The smallest absolute Gasteiger partial charge is 0.289 e. The van der Waals surface area contributed by atoms with E-state index in [9.17, 15) is 14.4 Å². The lowest BCUT2D eigenvalue weighted by Gasteiger charge is -2.31. The lowest BCUT2D eigenvalue weighted by molar-refractivity contribution is -0.132. The number of rotatable bonds is 5. The summed E-state index contributed by atoms with van der Waals surface area (Å²) < 4.78 is 10.7. The van der Waals surface area contributed by atoms with Gasteiger partial charge in [-0.15, -0.1) is 0 Å². The number of nitrogens with one attached hydrogen (secondary N) is 2. The molecule has 1 atom stereocenters. The average Bonchev–Trinajstić information content (AvgIpc) is 3.27. The van der Waals surface area contributed by atoms with Gasteiger partial charge in [0.2, 0.25) is 5.91 Å². The molecule has 1 aromatic heterocycles. The predicted octanol–water partition coefficient (Wildman–Crippen LogP) is 1.98. The Balaban J connectivity index is 1.45. The van der Waals surface area contributed by atoms with Crippen LogP contribution in [0.4, 0.5) is 0 Å².